The minimum absolute atomic E-state index is 0.256. The highest BCUT2D eigenvalue weighted by Gasteiger charge is 2.60. The van der Waals surface area contributed by atoms with Gasteiger partial charge < -0.3 is 20.5 Å². The van der Waals surface area contributed by atoms with Crippen LogP contribution < -0.4 is 20.7 Å². The predicted octanol–water partition coefficient (Wildman–Crippen LogP) is 3.15. The van der Waals surface area contributed by atoms with Gasteiger partial charge in [0.2, 0.25) is 11.8 Å². The Bertz CT molecular complexity index is 1030. The minimum Gasteiger partial charge on any atom is -0.495 e. The molecule has 9 heteroatoms. The Kier molecular flexibility index (Phi) is 5.40. The third kappa shape index (κ3) is 3.32. The Labute approximate surface area is 183 Å². The summed E-state index contributed by atoms with van der Waals surface area (Å²) in [4.78, 5) is 26.6. The summed E-state index contributed by atoms with van der Waals surface area (Å²) in [7, 11) is 1.49. The van der Waals surface area contributed by atoms with E-state index < -0.39 is 29.5 Å². The lowest BCUT2D eigenvalue weighted by molar-refractivity contribution is -0.130. The second-order valence-electron chi connectivity index (χ2n) is 7.57. The van der Waals surface area contributed by atoms with Crippen LogP contribution in [-0.2, 0) is 15.1 Å². The second kappa shape index (κ2) is 7.74. The molecular formula is C21H21Cl2N3O4. The van der Waals surface area contributed by atoms with Gasteiger partial charge in [-0.05, 0) is 49.7 Å². The molecule has 158 valence electrons. The highest BCUT2D eigenvalue weighted by molar-refractivity contribution is 6.31. The summed E-state index contributed by atoms with van der Waals surface area (Å²) < 4.78 is 5.31. The van der Waals surface area contributed by atoms with Crippen molar-refractivity contribution in [1.29, 1.82) is 0 Å². The molecule has 2 aromatic rings. The zero-order valence-corrected chi connectivity index (χ0v) is 17.8. The smallest absolute Gasteiger partial charge is 0.250 e. The van der Waals surface area contributed by atoms with Crippen molar-refractivity contribution in [2.24, 2.45) is 5.92 Å². The summed E-state index contributed by atoms with van der Waals surface area (Å²) in [5.74, 6) is -1.12. The first-order valence-electron chi connectivity index (χ1n) is 9.48. The third-order valence-electron chi connectivity index (χ3n) is 5.76. The Morgan fingerprint density at radius 1 is 1.27 bits per heavy atom. The third-order valence-corrected chi connectivity index (χ3v) is 6.23. The molecule has 4 N–H and O–H groups in total. The number of rotatable bonds is 4. The first-order chi connectivity index (χ1) is 14.3. The molecule has 0 aromatic heterocycles. The summed E-state index contributed by atoms with van der Waals surface area (Å²) in [6.07, 6.45) is -0.511. The number of methoxy groups -OCH3 is 1. The summed E-state index contributed by atoms with van der Waals surface area (Å²) in [5.41, 5.74) is 0.218. The maximum atomic E-state index is 13.4. The lowest BCUT2D eigenvalue weighted by Gasteiger charge is -2.29. The highest BCUT2D eigenvalue weighted by Crippen LogP contribution is 2.48. The molecule has 2 heterocycles. The van der Waals surface area contributed by atoms with Gasteiger partial charge in [-0.1, -0.05) is 23.2 Å². The van der Waals surface area contributed by atoms with Gasteiger partial charge in [-0.25, -0.2) is 0 Å². The fourth-order valence-corrected chi connectivity index (χ4v) is 4.63. The van der Waals surface area contributed by atoms with Gasteiger partial charge >= 0.3 is 0 Å². The molecule has 30 heavy (non-hydrogen) atoms. The van der Waals surface area contributed by atoms with Crippen LogP contribution in [0.15, 0.2) is 36.4 Å². The average molecular weight is 450 g/mol. The fourth-order valence-electron chi connectivity index (χ4n) is 4.29. The first-order valence-corrected chi connectivity index (χ1v) is 10.2. The van der Waals surface area contributed by atoms with Crippen molar-refractivity contribution in [2.45, 2.75) is 31.0 Å². The van der Waals surface area contributed by atoms with Crippen molar-refractivity contribution in [3.8, 4) is 5.75 Å². The summed E-state index contributed by atoms with van der Waals surface area (Å²) in [5, 5.41) is 20.0. The first kappa shape index (κ1) is 20.9. The van der Waals surface area contributed by atoms with Gasteiger partial charge in [0.25, 0.3) is 0 Å². The van der Waals surface area contributed by atoms with E-state index in [1.54, 1.807) is 43.3 Å². The van der Waals surface area contributed by atoms with Crippen LogP contribution in [0.4, 0.5) is 11.4 Å². The monoisotopic (exact) mass is 449 g/mol. The maximum Gasteiger partial charge on any atom is 0.250 e. The van der Waals surface area contributed by atoms with Crippen LogP contribution in [0, 0.1) is 5.92 Å². The van der Waals surface area contributed by atoms with Crippen LogP contribution in [0.1, 0.15) is 18.9 Å². The zero-order valence-electron chi connectivity index (χ0n) is 16.3. The van der Waals surface area contributed by atoms with Gasteiger partial charge in [0, 0.05) is 27.3 Å². The molecule has 2 aliphatic heterocycles. The van der Waals surface area contributed by atoms with E-state index in [4.69, 9.17) is 27.9 Å². The summed E-state index contributed by atoms with van der Waals surface area (Å²) in [6, 6.07) is 9.48. The van der Waals surface area contributed by atoms with Crippen molar-refractivity contribution in [3.05, 3.63) is 52.0 Å². The van der Waals surface area contributed by atoms with Crippen molar-refractivity contribution in [3.63, 3.8) is 0 Å². The second-order valence-corrected chi connectivity index (χ2v) is 8.44. The molecule has 4 atom stereocenters. The normalized spacial score (nSPS) is 25.7. The number of benzene rings is 2. The maximum absolute atomic E-state index is 13.4. The molecule has 1 spiro atoms. The zero-order chi connectivity index (χ0) is 21.6. The van der Waals surface area contributed by atoms with Crippen LogP contribution in [-0.4, -0.2) is 36.2 Å². The number of amides is 2. The molecule has 1 fully saturated rings. The van der Waals surface area contributed by atoms with Crippen molar-refractivity contribution >= 4 is 46.4 Å². The van der Waals surface area contributed by atoms with Gasteiger partial charge in [0.05, 0.1) is 24.8 Å². The number of anilines is 2. The van der Waals surface area contributed by atoms with E-state index >= 15 is 0 Å². The van der Waals surface area contributed by atoms with Gasteiger partial charge in [0.15, 0.2) is 0 Å². The van der Waals surface area contributed by atoms with Crippen LogP contribution in [0.25, 0.3) is 0 Å². The predicted molar refractivity (Wildman–Crippen MR) is 115 cm³/mol. The van der Waals surface area contributed by atoms with Gasteiger partial charge in [0.1, 0.15) is 11.3 Å². The molecule has 1 saturated heterocycles. The quantitative estimate of drug-likeness (QED) is 0.574. The van der Waals surface area contributed by atoms with Crippen LogP contribution in [0.3, 0.4) is 0 Å². The molecule has 0 bridgehead atoms. The van der Waals surface area contributed by atoms with Gasteiger partial charge in [-0.2, -0.15) is 0 Å². The number of nitrogens with one attached hydrogen (secondary N) is 3. The van der Waals surface area contributed by atoms with Crippen LogP contribution in [0.2, 0.25) is 10.0 Å². The van der Waals surface area contributed by atoms with Crippen molar-refractivity contribution in [2.75, 3.05) is 17.7 Å². The van der Waals surface area contributed by atoms with Gasteiger partial charge in [-0.3, -0.25) is 14.9 Å². The van der Waals surface area contributed by atoms with Crippen LogP contribution >= 0.6 is 23.2 Å². The molecule has 2 aliphatic rings. The number of carbonyl (C=O) groups is 2. The van der Waals surface area contributed by atoms with E-state index in [1.807, 2.05) is 0 Å². The van der Waals surface area contributed by atoms with E-state index in [2.05, 4.69) is 16.0 Å². The lowest BCUT2D eigenvalue weighted by Crippen LogP contribution is -2.53. The van der Waals surface area contributed by atoms with E-state index in [1.165, 1.54) is 7.11 Å². The number of aliphatic hydroxyl groups excluding tert-OH is 1. The molecule has 4 rings (SSSR count). The minimum atomic E-state index is -1.35. The Hall–Kier alpha value is -2.32. The summed E-state index contributed by atoms with van der Waals surface area (Å²) >= 11 is 12.3. The Balaban J connectivity index is 1.76. The average Bonchev–Trinajstić information content (AvgIpc) is 3.23. The molecule has 2 amide bonds. The number of carbonyl (C=O) groups excluding carboxylic acids is 2. The number of halogens is 2. The van der Waals surface area contributed by atoms with Crippen LogP contribution in [0.5, 0.6) is 5.75 Å². The fraction of sp³-hybridized carbons (Fsp3) is 0.333. The molecule has 0 saturated carbocycles. The van der Waals surface area contributed by atoms with Gasteiger partial charge in [-0.15, -0.1) is 0 Å². The number of aliphatic hydroxyl groups is 1. The SMILES string of the molecule is COc1ccc(Cl)cc1NC(=O)[C@H]1C[C@@H]([C@H](C)O)N[C@]12C(=O)Nc1ccc(Cl)cc12. The van der Waals surface area contributed by atoms with E-state index in [-0.39, 0.29) is 12.3 Å². The van der Waals surface area contributed by atoms with E-state index in [0.29, 0.717) is 32.7 Å². The molecular weight excluding hydrogens is 429 g/mol. The molecule has 0 aliphatic carbocycles. The molecule has 2 aromatic carbocycles. The topological polar surface area (TPSA) is 99.7 Å². The van der Waals surface area contributed by atoms with E-state index in [9.17, 15) is 14.7 Å². The number of ether oxygens (including phenoxy) is 1. The largest absolute Gasteiger partial charge is 0.495 e. The molecule has 0 radical (unpaired) electrons. The standard InChI is InChI=1S/C21H21Cl2N3O4/c1-10(27)16-9-14(19(28)24-17-8-12(23)4-6-18(17)30-2)21(26-16)13-7-11(22)3-5-15(13)25-20(21)29/h3-8,10,14,16,26-27H,9H2,1-2H3,(H,24,28)(H,25,29)/t10-,14+,16-,21-/m0/s1. The lowest BCUT2D eigenvalue weighted by atomic mass is 9.79. The Morgan fingerprint density at radius 3 is 2.67 bits per heavy atom. The molecule has 0 unspecified atom stereocenters. The van der Waals surface area contributed by atoms with Crippen molar-refractivity contribution < 1.29 is 19.4 Å². The summed E-state index contributed by atoms with van der Waals surface area (Å²) in [6.45, 7) is 1.62. The Morgan fingerprint density at radius 2 is 1.97 bits per heavy atom. The van der Waals surface area contributed by atoms with Crippen molar-refractivity contribution in [1.82, 2.24) is 5.32 Å². The number of hydrogen-bond acceptors (Lipinski definition) is 5. The highest BCUT2D eigenvalue weighted by atomic mass is 35.5. The number of fused-ring (bicyclic) bond motifs is 2. The molecule has 7 nitrogen and oxygen atoms in total. The number of hydrogen-bond donors (Lipinski definition) is 4. The van der Waals surface area contributed by atoms with E-state index in [0.717, 1.165) is 0 Å².